The number of nitrogens with one attached hydrogen (secondary N) is 1. The predicted molar refractivity (Wildman–Crippen MR) is 118 cm³/mol. The highest BCUT2D eigenvalue weighted by Gasteiger charge is 2.18. The van der Waals surface area contributed by atoms with Gasteiger partial charge in [0, 0.05) is 62.1 Å². The number of rotatable bonds is 7. The first kappa shape index (κ1) is 22.3. The van der Waals surface area contributed by atoms with Gasteiger partial charge in [-0.05, 0) is 30.3 Å². The Morgan fingerprint density at radius 2 is 1.77 bits per heavy atom. The van der Waals surface area contributed by atoms with Crippen LogP contribution in [0.3, 0.4) is 0 Å². The number of hydrogen-bond acceptors (Lipinski definition) is 5. The zero-order valence-corrected chi connectivity index (χ0v) is 17.8. The van der Waals surface area contributed by atoms with Crippen LogP contribution >= 0.6 is 0 Å². The van der Waals surface area contributed by atoms with Crippen LogP contribution in [0.25, 0.3) is 11.1 Å². The van der Waals surface area contributed by atoms with Gasteiger partial charge in [-0.25, -0.2) is 13.8 Å². The van der Waals surface area contributed by atoms with Crippen molar-refractivity contribution in [1.29, 1.82) is 0 Å². The molecular weight excluding hydrogens is 398 g/mol. The molecule has 0 saturated heterocycles. The zero-order chi connectivity index (χ0) is 22.2. The minimum absolute atomic E-state index is 0.137. The summed E-state index contributed by atoms with van der Waals surface area (Å²) >= 11 is 0. The van der Waals surface area contributed by atoms with E-state index in [0.29, 0.717) is 18.9 Å². The molecule has 6 nitrogen and oxygen atoms in total. The van der Waals surface area contributed by atoms with Gasteiger partial charge in [-0.1, -0.05) is 19.9 Å². The molecule has 162 valence electrons. The summed E-state index contributed by atoms with van der Waals surface area (Å²) in [5.74, 6) is -0.901. The van der Waals surface area contributed by atoms with Gasteiger partial charge in [-0.2, -0.15) is 5.10 Å². The Morgan fingerprint density at radius 1 is 1.00 bits per heavy atom. The van der Waals surface area contributed by atoms with Crippen molar-refractivity contribution in [3.63, 3.8) is 0 Å². The lowest BCUT2D eigenvalue weighted by molar-refractivity contribution is 0.565. The number of hydrogen-bond donors (Lipinski definition) is 1. The molecule has 2 heterocycles. The van der Waals surface area contributed by atoms with Crippen LogP contribution in [0.2, 0.25) is 0 Å². The number of para-hydroxylation sites is 1. The summed E-state index contributed by atoms with van der Waals surface area (Å²) in [5, 5.41) is 7.46. The van der Waals surface area contributed by atoms with E-state index in [9.17, 15) is 8.78 Å². The third kappa shape index (κ3) is 6.05. The van der Waals surface area contributed by atoms with Crippen molar-refractivity contribution in [2.24, 2.45) is 7.05 Å². The molecule has 0 spiro atoms. The van der Waals surface area contributed by atoms with Gasteiger partial charge in [0.2, 0.25) is 0 Å². The molecule has 0 aliphatic heterocycles. The van der Waals surface area contributed by atoms with Gasteiger partial charge in [0.05, 0.1) is 6.20 Å². The molecule has 8 heteroatoms. The van der Waals surface area contributed by atoms with Crippen molar-refractivity contribution in [1.82, 2.24) is 25.1 Å². The Labute approximate surface area is 180 Å². The maximum Gasteiger partial charge on any atom is 0.149 e. The van der Waals surface area contributed by atoms with E-state index < -0.39 is 11.6 Å². The normalized spacial score (nSPS) is 10.8. The summed E-state index contributed by atoms with van der Waals surface area (Å²) in [7, 11) is 1.84. The van der Waals surface area contributed by atoms with Crippen LogP contribution in [0, 0.1) is 11.6 Å². The Bertz CT molecular complexity index is 1040. The molecule has 0 unspecified atom stereocenters. The summed E-state index contributed by atoms with van der Waals surface area (Å²) in [6.45, 7) is 4.88. The van der Waals surface area contributed by atoms with Crippen LogP contribution in [0.1, 0.15) is 13.8 Å². The highest BCUT2D eigenvalue weighted by Crippen LogP contribution is 2.28. The van der Waals surface area contributed by atoms with E-state index in [1.165, 1.54) is 23.1 Å². The maximum absolute atomic E-state index is 14.6. The Morgan fingerprint density at radius 3 is 2.45 bits per heavy atom. The minimum atomic E-state index is -0.647. The number of anilines is 2. The van der Waals surface area contributed by atoms with Crippen molar-refractivity contribution in [3.8, 4) is 11.1 Å². The van der Waals surface area contributed by atoms with Crippen LogP contribution in [0.4, 0.5) is 20.3 Å². The van der Waals surface area contributed by atoms with Gasteiger partial charge in [0.15, 0.2) is 0 Å². The zero-order valence-electron chi connectivity index (χ0n) is 17.8. The summed E-state index contributed by atoms with van der Waals surface area (Å²) in [5.41, 5.74) is 1.56. The molecular formula is C23H26F2N6. The molecule has 0 fully saturated rings. The third-order valence-electron chi connectivity index (χ3n) is 4.50. The topological polar surface area (TPSA) is 58.9 Å². The SMILES string of the molecule is CC(C)NCCN(c1cccncc(-c2cnn(C)c2)ccn1)c1c(F)cccc1F. The fraction of sp³-hybridized carbons (Fsp3) is 0.261. The second-order valence-corrected chi connectivity index (χ2v) is 7.28. The number of benzene rings is 1. The van der Waals surface area contributed by atoms with E-state index in [2.05, 4.69) is 20.4 Å². The summed E-state index contributed by atoms with van der Waals surface area (Å²) in [4.78, 5) is 10.3. The average molecular weight is 424 g/mol. The lowest BCUT2D eigenvalue weighted by atomic mass is 10.2. The summed E-state index contributed by atoms with van der Waals surface area (Å²) < 4.78 is 30.9. The molecule has 1 N–H and O–H groups in total. The van der Waals surface area contributed by atoms with Crippen LogP contribution in [-0.2, 0) is 7.05 Å². The van der Waals surface area contributed by atoms with Gasteiger partial charge in [-0.15, -0.1) is 0 Å². The highest BCUT2D eigenvalue weighted by atomic mass is 19.1. The maximum atomic E-state index is 14.6. The molecule has 1 aromatic carbocycles. The summed E-state index contributed by atoms with van der Waals surface area (Å²) in [6, 6.07) is 9.23. The smallest absolute Gasteiger partial charge is 0.149 e. The van der Waals surface area contributed by atoms with Gasteiger partial charge in [-0.3, -0.25) is 9.67 Å². The van der Waals surface area contributed by atoms with Gasteiger partial charge in [0.1, 0.15) is 23.1 Å². The molecule has 0 atom stereocenters. The molecule has 3 rings (SSSR count). The van der Waals surface area contributed by atoms with Crippen molar-refractivity contribution in [2.75, 3.05) is 18.0 Å². The fourth-order valence-electron chi connectivity index (χ4n) is 3.04. The number of halogens is 2. The largest absolute Gasteiger partial charge is 0.320 e. The Kier molecular flexibility index (Phi) is 7.61. The highest BCUT2D eigenvalue weighted by molar-refractivity contribution is 5.62. The standard InChI is InChI=1S/C23H26F2N6/c1-17(2)27-12-13-31(23-20(24)6-4-7-21(23)25)22-8-5-10-26-14-18(9-11-28-22)19-15-29-30(3)16-19/h4-11,14-17,27H,12-13H2,1-3H3. The molecule has 0 saturated carbocycles. The van der Waals surface area contributed by atoms with E-state index in [1.54, 1.807) is 47.7 Å². The third-order valence-corrected chi connectivity index (χ3v) is 4.50. The monoisotopic (exact) mass is 424 g/mol. The van der Waals surface area contributed by atoms with Crippen molar-refractivity contribution >= 4 is 11.5 Å². The Hall–Kier alpha value is -3.39. The van der Waals surface area contributed by atoms with E-state index in [-0.39, 0.29) is 11.7 Å². The van der Waals surface area contributed by atoms with Crippen LogP contribution in [-0.4, -0.2) is 38.9 Å². The second kappa shape index (κ2) is 10.6. The van der Waals surface area contributed by atoms with E-state index in [4.69, 9.17) is 0 Å². The van der Waals surface area contributed by atoms with Gasteiger partial charge < -0.3 is 10.2 Å². The van der Waals surface area contributed by atoms with Crippen LogP contribution < -0.4 is 10.2 Å². The first-order valence-corrected chi connectivity index (χ1v) is 10.0. The molecule has 2 aromatic heterocycles. The first-order chi connectivity index (χ1) is 15.0. The van der Waals surface area contributed by atoms with E-state index in [0.717, 1.165) is 11.1 Å². The first-order valence-electron chi connectivity index (χ1n) is 10.0. The molecule has 0 aliphatic rings. The molecule has 0 bridgehead atoms. The quantitative estimate of drug-likeness (QED) is 0.609. The molecule has 0 aliphatic carbocycles. The fourth-order valence-corrected chi connectivity index (χ4v) is 3.04. The van der Waals surface area contributed by atoms with Crippen molar-refractivity contribution in [2.45, 2.75) is 19.9 Å². The summed E-state index contributed by atoms with van der Waals surface area (Å²) in [6.07, 6.45) is 8.51. The lowest BCUT2D eigenvalue weighted by Crippen LogP contribution is -2.33. The van der Waals surface area contributed by atoms with Crippen LogP contribution in [0.5, 0.6) is 0 Å². The molecule has 3 aromatic rings. The molecule has 0 amide bonds. The molecule has 0 radical (unpaired) electrons. The lowest BCUT2D eigenvalue weighted by Gasteiger charge is -2.25. The van der Waals surface area contributed by atoms with Crippen LogP contribution in [0.15, 0.2) is 67.4 Å². The van der Waals surface area contributed by atoms with Crippen molar-refractivity contribution < 1.29 is 8.78 Å². The van der Waals surface area contributed by atoms with Crippen molar-refractivity contribution in [3.05, 3.63) is 79.0 Å². The predicted octanol–water partition coefficient (Wildman–Crippen LogP) is 4.42. The van der Waals surface area contributed by atoms with Gasteiger partial charge in [0.25, 0.3) is 0 Å². The number of aryl methyl sites for hydroxylation is 1. The second-order valence-electron chi connectivity index (χ2n) is 7.28. The average Bonchev–Trinajstić information content (AvgIpc) is 3.16. The van der Waals surface area contributed by atoms with E-state index in [1.807, 2.05) is 27.1 Å². The minimum Gasteiger partial charge on any atom is -0.320 e. The van der Waals surface area contributed by atoms with Gasteiger partial charge >= 0.3 is 0 Å². The number of aromatic nitrogens is 4. The number of nitrogens with zero attached hydrogens (tertiary/aromatic N) is 5. The molecule has 31 heavy (non-hydrogen) atoms. The Balaban J connectivity index is 2.05. The van der Waals surface area contributed by atoms with E-state index >= 15 is 0 Å².